The minimum atomic E-state index is 0.0674. The number of aromatic nitrogens is 4. The highest BCUT2D eigenvalue weighted by atomic mass is 16.5. The van der Waals surface area contributed by atoms with Gasteiger partial charge in [0, 0.05) is 12.1 Å². The molecular weight excluding hydrogens is 394 g/mol. The Bertz CT molecular complexity index is 1060. The molecule has 0 spiro atoms. The zero-order valence-electron chi connectivity index (χ0n) is 17.3. The van der Waals surface area contributed by atoms with Crippen molar-refractivity contribution in [2.45, 2.75) is 44.2 Å². The molecule has 160 valence electrons. The maximum absolute atomic E-state index is 8.85. The van der Waals surface area contributed by atoms with Crippen LogP contribution in [0.3, 0.4) is 0 Å². The second-order valence-corrected chi connectivity index (χ2v) is 7.54. The number of ether oxygens (including phenoxy) is 2. The van der Waals surface area contributed by atoms with Crippen LogP contribution in [-0.4, -0.2) is 39.4 Å². The lowest BCUT2D eigenvalue weighted by Gasteiger charge is -2.22. The van der Waals surface area contributed by atoms with Crippen LogP contribution in [-0.2, 0) is 0 Å². The van der Waals surface area contributed by atoms with Crippen LogP contribution in [0.4, 0.5) is 11.6 Å². The Hall–Kier alpha value is -3.64. The Balaban J connectivity index is 1.59. The summed E-state index contributed by atoms with van der Waals surface area (Å²) >= 11 is 0. The molecule has 1 fully saturated rings. The molecule has 0 bridgehead atoms. The molecule has 1 aliphatic rings. The summed E-state index contributed by atoms with van der Waals surface area (Å²) in [6.45, 7) is 0. The van der Waals surface area contributed by atoms with Gasteiger partial charge in [0.05, 0.1) is 30.8 Å². The maximum atomic E-state index is 8.85. The molecule has 1 aromatic carbocycles. The summed E-state index contributed by atoms with van der Waals surface area (Å²) in [7, 11) is 1.63. The fourth-order valence-corrected chi connectivity index (χ4v) is 3.78. The van der Waals surface area contributed by atoms with Crippen molar-refractivity contribution >= 4 is 11.6 Å². The van der Waals surface area contributed by atoms with Crippen molar-refractivity contribution < 1.29 is 9.47 Å². The number of anilines is 2. The van der Waals surface area contributed by atoms with E-state index in [1.54, 1.807) is 7.11 Å². The van der Waals surface area contributed by atoms with Crippen molar-refractivity contribution in [3.05, 3.63) is 42.4 Å². The van der Waals surface area contributed by atoms with Crippen molar-refractivity contribution in [3.8, 4) is 28.8 Å². The van der Waals surface area contributed by atoms with Crippen molar-refractivity contribution in [3.63, 3.8) is 0 Å². The lowest BCUT2D eigenvalue weighted by Crippen LogP contribution is -2.27. The van der Waals surface area contributed by atoms with Crippen LogP contribution in [0, 0.1) is 11.3 Å². The van der Waals surface area contributed by atoms with Crippen LogP contribution in [0.15, 0.2) is 36.7 Å². The Kier molecular flexibility index (Phi) is 6.29. The number of H-pyrrole nitrogens is 1. The molecule has 0 unspecified atom stereocenters. The predicted molar refractivity (Wildman–Crippen MR) is 116 cm³/mol. The summed E-state index contributed by atoms with van der Waals surface area (Å²) in [4.78, 5) is 8.16. The van der Waals surface area contributed by atoms with E-state index in [1.165, 1.54) is 12.4 Å². The number of nitriles is 1. The van der Waals surface area contributed by atoms with Gasteiger partial charge < -0.3 is 20.5 Å². The van der Waals surface area contributed by atoms with Gasteiger partial charge in [-0.1, -0.05) is 12.5 Å². The second-order valence-electron chi connectivity index (χ2n) is 7.54. The van der Waals surface area contributed by atoms with Gasteiger partial charge >= 0.3 is 0 Å². The number of methoxy groups -OCH3 is 1. The summed E-state index contributed by atoms with van der Waals surface area (Å²) < 4.78 is 12.0. The van der Waals surface area contributed by atoms with Crippen molar-refractivity contribution in [2.24, 2.45) is 5.73 Å². The van der Waals surface area contributed by atoms with Crippen LogP contribution in [0.2, 0.25) is 0 Å². The third-order valence-electron chi connectivity index (χ3n) is 5.29. The lowest BCUT2D eigenvalue weighted by molar-refractivity contribution is 0.178. The van der Waals surface area contributed by atoms with E-state index in [4.69, 9.17) is 20.5 Å². The smallest absolute Gasteiger partial charge is 0.158 e. The SMILES string of the molecule is COc1cccc(O[C@@H]2CCCC[C@H](N)C2)c1-c1cc(Nc2cnc(C#N)cn2)n[nH]1. The van der Waals surface area contributed by atoms with Crippen LogP contribution < -0.4 is 20.5 Å². The molecule has 31 heavy (non-hydrogen) atoms. The first-order valence-corrected chi connectivity index (χ1v) is 10.3. The fourth-order valence-electron chi connectivity index (χ4n) is 3.78. The van der Waals surface area contributed by atoms with Gasteiger partial charge in [-0.2, -0.15) is 10.4 Å². The van der Waals surface area contributed by atoms with E-state index >= 15 is 0 Å². The maximum Gasteiger partial charge on any atom is 0.158 e. The molecule has 2 heterocycles. The van der Waals surface area contributed by atoms with E-state index in [2.05, 4.69) is 25.5 Å². The number of hydrogen-bond donors (Lipinski definition) is 3. The molecular formula is C22H25N7O2. The molecule has 2 aromatic heterocycles. The van der Waals surface area contributed by atoms with Crippen LogP contribution in [0.25, 0.3) is 11.3 Å². The standard InChI is InChI=1S/C22H25N7O2/c1-30-18-7-4-8-19(31-16-6-3-2-5-14(24)9-16)22(18)17-10-20(29-28-17)27-21-13-25-15(11-23)12-26-21/h4,7-8,10,12-14,16H,2-3,5-6,9,24H2,1H3,(H2,26,27,28,29)/t14-,16+/m0/s1. The first-order chi connectivity index (χ1) is 15.2. The molecule has 9 nitrogen and oxygen atoms in total. The number of nitrogens with zero attached hydrogens (tertiary/aromatic N) is 4. The number of benzene rings is 1. The number of nitrogens with two attached hydrogens (primary N) is 1. The van der Waals surface area contributed by atoms with Crippen molar-refractivity contribution in [1.82, 2.24) is 20.2 Å². The highest BCUT2D eigenvalue weighted by Gasteiger charge is 2.22. The van der Waals surface area contributed by atoms with Gasteiger partial charge in [0.1, 0.15) is 29.5 Å². The molecule has 0 amide bonds. The van der Waals surface area contributed by atoms with Crippen molar-refractivity contribution in [2.75, 3.05) is 12.4 Å². The normalized spacial score (nSPS) is 18.6. The monoisotopic (exact) mass is 419 g/mol. The predicted octanol–water partition coefficient (Wildman–Crippen LogP) is 3.53. The number of rotatable bonds is 6. The highest BCUT2D eigenvalue weighted by Crippen LogP contribution is 2.39. The molecule has 4 N–H and O–H groups in total. The van der Waals surface area contributed by atoms with Gasteiger partial charge in [0.15, 0.2) is 11.5 Å². The van der Waals surface area contributed by atoms with E-state index in [0.29, 0.717) is 17.4 Å². The van der Waals surface area contributed by atoms with Gasteiger partial charge in [-0.05, 0) is 37.8 Å². The number of aromatic amines is 1. The molecule has 0 radical (unpaired) electrons. The zero-order chi connectivity index (χ0) is 21.6. The number of hydrogen-bond acceptors (Lipinski definition) is 8. The van der Waals surface area contributed by atoms with Crippen molar-refractivity contribution in [1.29, 1.82) is 5.26 Å². The molecule has 0 saturated heterocycles. The molecule has 9 heteroatoms. The average Bonchev–Trinajstić information content (AvgIpc) is 3.14. The average molecular weight is 419 g/mol. The van der Waals surface area contributed by atoms with Crippen LogP contribution in [0.1, 0.15) is 37.8 Å². The summed E-state index contributed by atoms with van der Waals surface area (Å²) in [6, 6.07) is 9.70. The van der Waals surface area contributed by atoms with Gasteiger partial charge in [0.2, 0.25) is 0 Å². The fraction of sp³-hybridized carbons (Fsp3) is 0.364. The van der Waals surface area contributed by atoms with Crippen LogP contribution >= 0.6 is 0 Å². The molecule has 4 rings (SSSR count). The lowest BCUT2D eigenvalue weighted by atomic mass is 10.1. The zero-order valence-corrected chi connectivity index (χ0v) is 17.3. The Morgan fingerprint density at radius 2 is 2.00 bits per heavy atom. The first-order valence-electron chi connectivity index (χ1n) is 10.3. The molecule has 0 aliphatic heterocycles. The minimum Gasteiger partial charge on any atom is -0.496 e. The Labute approximate surface area is 180 Å². The largest absolute Gasteiger partial charge is 0.496 e. The van der Waals surface area contributed by atoms with E-state index in [1.807, 2.05) is 30.3 Å². The quantitative estimate of drug-likeness (QED) is 0.517. The van der Waals surface area contributed by atoms with Gasteiger partial charge in [0.25, 0.3) is 0 Å². The van der Waals surface area contributed by atoms with Crippen LogP contribution in [0.5, 0.6) is 11.5 Å². The third kappa shape index (κ3) is 4.92. The third-order valence-corrected chi connectivity index (χ3v) is 5.29. The van der Waals surface area contributed by atoms with E-state index in [0.717, 1.165) is 49.1 Å². The van der Waals surface area contributed by atoms with Gasteiger partial charge in [-0.3, -0.25) is 5.10 Å². The summed E-state index contributed by atoms with van der Waals surface area (Å²) in [5.74, 6) is 2.46. The van der Waals surface area contributed by atoms with E-state index in [9.17, 15) is 0 Å². The topological polar surface area (TPSA) is 135 Å². The van der Waals surface area contributed by atoms with E-state index in [-0.39, 0.29) is 17.8 Å². The van der Waals surface area contributed by atoms with Gasteiger partial charge in [-0.15, -0.1) is 0 Å². The molecule has 2 atom stereocenters. The van der Waals surface area contributed by atoms with Gasteiger partial charge in [-0.25, -0.2) is 9.97 Å². The first kappa shape index (κ1) is 20.6. The minimum absolute atomic E-state index is 0.0674. The van der Waals surface area contributed by atoms with E-state index < -0.39 is 0 Å². The summed E-state index contributed by atoms with van der Waals surface area (Å²) in [5, 5.41) is 19.3. The summed E-state index contributed by atoms with van der Waals surface area (Å²) in [6.07, 6.45) is 8.07. The Morgan fingerprint density at radius 3 is 2.77 bits per heavy atom. The second kappa shape index (κ2) is 9.45. The highest BCUT2D eigenvalue weighted by molar-refractivity contribution is 5.76. The Morgan fingerprint density at radius 1 is 1.16 bits per heavy atom. The summed E-state index contributed by atoms with van der Waals surface area (Å²) in [5.41, 5.74) is 8.02. The number of nitrogens with one attached hydrogen (secondary N) is 2. The molecule has 1 saturated carbocycles. The molecule has 1 aliphatic carbocycles. The molecule has 3 aromatic rings.